The Balaban J connectivity index is 2.43. The van der Waals surface area contributed by atoms with E-state index in [0.29, 0.717) is 33.2 Å². The second-order valence-corrected chi connectivity index (χ2v) is 5.12. The summed E-state index contributed by atoms with van der Waals surface area (Å²) in [6, 6.07) is 8.86. The standard InChI is InChI=1S/C17H14ClFO4/c1-10(11-5-13(19)8-14(6-11)22-2)15-7-12(18)3-4-16(15)23-9-17(20)21/h3-8H,1,9H2,2H3,(H,20,21). The van der Waals surface area contributed by atoms with Gasteiger partial charge < -0.3 is 14.6 Å². The number of hydrogen-bond acceptors (Lipinski definition) is 3. The number of hydrogen-bond donors (Lipinski definition) is 1. The highest BCUT2D eigenvalue weighted by Gasteiger charge is 2.13. The van der Waals surface area contributed by atoms with Gasteiger partial charge in [-0.05, 0) is 41.5 Å². The Kier molecular flexibility index (Phi) is 5.24. The SMILES string of the molecule is C=C(c1cc(F)cc(OC)c1)c1cc(Cl)ccc1OCC(=O)O. The second kappa shape index (κ2) is 7.15. The van der Waals surface area contributed by atoms with Gasteiger partial charge in [0, 0.05) is 16.7 Å². The van der Waals surface area contributed by atoms with Gasteiger partial charge in [-0.3, -0.25) is 0 Å². The third kappa shape index (κ3) is 4.23. The van der Waals surface area contributed by atoms with Crippen LogP contribution in [0.1, 0.15) is 11.1 Å². The molecule has 23 heavy (non-hydrogen) atoms. The second-order valence-electron chi connectivity index (χ2n) is 4.68. The minimum atomic E-state index is -1.11. The van der Waals surface area contributed by atoms with Gasteiger partial charge in [0.1, 0.15) is 17.3 Å². The van der Waals surface area contributed by atoms with Crippen LogP contribution in [0.2, 0.25) is 5.02 Å². The van der Waals surface area contributed by atoms with Crippen molar-refractivity contribution < 1.29 is 23.8 Å². The van der Waals surface area contributed by atoms with Crippen molar-refractivity contribution in [1.29, 1.82) is 0 Å². The zero-order valence-corrected chi connectivity index (χ0v) is 13.1. The summed E-state index contributed by atoms with van der Waals surface area (Å²) in [5.74, 6) is -0.944. The van der Waals surface area contributed by atoms with Crippen molar-refractivity contribution in [3.8, 4) is 11.5 Å². The largest absolute Gasteiger partial charge is 0.497 e. The number of carboxylic acid groups (broad SMARTS) is 1. The molecule has 4 nitrogen and oxygen atoms in total. The summed E-state index contributed by atoms with van der Waals surface area (Å²) in [6.45, 7) is 3.43. The van der Waals surface area contributed by atoms with E-state index in [1.165, 1.54) is 19.2 Å². The van der Waals surface area contributed by atoms with E-state index >= 15 is 0 Å². The fourth-order valence-corrected chi connectivity index (χ4v) is 2.19. The predicted molar refractivity (Wildman–Crippen MR) is 85.7 cm³/mol. The van der Waals surface area contributed by atoms with E-state index in [1.54, 1.807) is 24.3 Å². The third-order valence-corrected chi connectivity index (χ3v) is 3.31. The Morgan fingerprint density at radius 1 is 1.30 bits per heavy atom. The normalized spacial score (nSPS) is 10.2. The molecule has 2 aromatic carbocycles. The minimum absolute atomic E-state index is 0.296. The van der Waals surface area contributed by atoms with Gasteiger partial charge in [-0.1, -0.05) is 18.2 Å². The molecule has 0 aliphatic heterocycles. The van der Waals surface area contributed by atoms with Crippen LogP contribution in [0.3, 0.4) is 0 Å². The van der Waals surface area contributed by atoms with Crippen molar-refractivity contribution >= 4 is 23.1 Å². The first kappa shape index (κ1) is 16.8. The lowest BCUT2D eigenvalue weighted by molar-refractivity contribution is -0.139. The van der Waals surface area contributed by atoms with Crippen molar-refractivity contribution in [3.63, 3.8) is 0 Å². The van der Waals surface area contributed by atoms with Gasteiger partial charge in [-0.25, -0.2) is 9.18 Å². The number of benzene rings is 2. The van der Waals surface area contributed by atoms with Crippen molar-refractivity contribution in [1.82, 2.24) is 0 Å². The van der Waals surface area contributed by atoms with E-state index < -0.39 is 18.4 Å². The fraction of sp³-hybridized carbons (Fsp3) is 0.118. The van der Waals surface area contributed by atoms with Crippen LogP contribution in [-0.4, -0.2) is 24.8 Å². The Morgan fingerprint density at radius 3 is 2.70 bits per heavy atom. The maximum atomic E-state index is 13.7. The number of ether oxygens (including phenoxy) is 2. The molecule has 0 bridgehead atoms. The smallest absolute Gasteiger partial charge is 0.341 e. The van der Waals surface area contributed by atoms with E-state index in [-0.39, 0.29) is 0 Å². The predicted octanol–water partition coefficient (Wildman–Crippen LogP) is 4.01. The van der Waals surface area contributed by atoms with Crippen LogP contribution in [0.5, 0.6) is 11.5 Å². The monoisotopic (exact) mass is 336 g/mol. The molecule has 0 fully saturated rings. The summed E-state index contributed by atoms with van der Waals surface area (Å²) in [4.78, 5) is 10.7. The van der Waals surface area contributed by atoms with Crippen LogP contribution in [0.25, 0.3) is 5.57 Å². The lowest BCUT2D eigenvalue weighted by atomic mass is 9.98. The molecule has 1 N–H and O–H groups in total. The molecular weight excluding hydrogens is 323 g/mol. The van der Waals surface area contributed by atoms with Gasteiger partial charge >= 0.3 is 5.97 Å². The highest BCUT2D eigenvalue weighted by molar-refractivity contribution is 6.30. The lowest BCUT2D eigenvalue weighted by Gasteiger charge is -2.14. The van der Waals surface area contributed by atoms with Crippen LogP contribution >= 0.6 is 11.6 Å². The maximum absolute atomic E-state index is 13.7. The van der Waals surface area contributed by atoms with Crippen LogP contribution in [0, 0.1) is 5.82 Å². The first-order chi connectivity index (χ1) is 10.9. The van der Waals surface area contributed by atoms with E-state index in [4.69, 9.17) is 26.2 Å². The van der Waals surface area contributed by atoms with Gasteiger partial charge in [-0.2, -0.15) is 0 Å². The summed E-state index contributed by atoms with van der Waals surface area (Å²) >= 11 is 5.99. The zero-order valence-electron chi connectivity index (χ0n) is 12.3. The highest BCUT2D eigenvalue weighted by Crippen LogP contribution is 2.34. The van der Waals surface area contributed by atoms with Gasteiger partial charge in [-0.15, -0.1) is 0 Å². The molecular formula is C17H14ClFO4. The third-order valence-electron chi connectivity index (χ3n) is 3.07. The average Bonchev–Trinajstić information content (AvgIpc) is 2.52. The minimum Gasteiger partial charge on any atom is -0.497 e. The van der Waals surface area contributed by atoms with Crippen LogP contribution < -0.4 is 9.47 Å². The summed E-state index contributed by atoms with van der Waals surface area (Å²) in [5, 5.41) is 9.16. The molecule has 0 saturated heterocycles. The number of carbonyl (C=O) groups is 1. The van der Waals surface area contributed by atoms with Crippen LogP contribution in [0.4, 0.5) is 4.39 Å². The molecule has 0 spiro atoms. The first-order valence-electron chi connectivity index (χ1n) is 6.59. The first-order valence-corrected chi connectivity index (χ1v) is 6.97. The van der Waals surface area contributed by atoms with Crippen LogP contribution in [-0.2, 0) is 4.79 Å². The number of methoxy groups -OCH3 is 1. The van der Waals surface area contributed by atoms with E-state index in [1.807, 2.05) is 0 Å². The van der Waals surface area contributed by atoms with Gasteiger partial charge in [0.15, 0.2) is 6.61 Å². The van der Waals surface area contributed by atoms with Crippen molar-refractivity contribution in [3.05, 3.63) is 64.9 Å². The molecule has 0 unspecified atom stereocenters. The van der Waals surface area contributed by atoms with Crippen molar-refractivity contribution in [2.24, 2.45) is 0 Å². The average molecular weight is 337 g/mol. The number of rotatable bonds is 6. The molecule has 0 radical (unpaired) electrons. The molecule has 0 heterocycles. The number of halogens is 2. The molecule has 6 heteroatoms. The molecule has 120 valence electrons. The van der Waals surface area contributed by atoms with E-state index in [2.05, 4.69) is 6.58 Å². The molecule has 0 saturated carbocycles. The van der Waals surface area contributed by atoms with E-state index in [9.17, 15) is 9.18 Å². The summed E-state index contributed by atoms with van der Waals surface area (Å²) in [6.07, 6.45) is 0. The Labute approximate surface area is 137 Å². The van der Waals surface area contributed by atoms with Gasteiger partial charge in [0.05, 0.1) is 7.11 Å². The number of carboxylic acids is 1. The molecule has 0 atom stereocenters. The summed E-state index contributed by atoms with van der Waals surface area (Å²) in [7, 11) is 1.43. The molecule has 2 rings (SSSR count). The molecule has 0 aliphatic rings. The number of aliphatic carboxylic acids is 1. The Morgan fingerprint density at radius 2 is 2.04 bits per heavy atom. The Bertz CT molecular complexity index is 758. The quantitative estimate of drug-likeness (QED) is 0.866. The van der Waals surface area contributed by atoms with Crippen molar-refractivity contribution in [2.45, 2.75) is 0 Å². The topological polar surface area (TPSA) is 55.8 Å². The molecule has 0 aromatic heterocycles. The van der Waals surface area contributed by atoms with Gasteiger partial charge in [0.2, 0.25) is 0 Å². The van der Waals surface area contributed by atoms with Crippen molar-refractivity contribution in [2.75, 3.05) is 13.7 Å². The fourth-order valence-electron chi connectivity index (χ4n) is 2.01. The molecule has 0 aliphatic carbocycles. The highest BCUT2D eigenvalue weighted by atomic mass is 35.5. The molecule has 2 aromatic rings. The zero-order chi connectivity index (χ0) is 17.0. The lowest BCUT2D eigenvalue weighted by Crippen LogP contribution is -2.10. The maximum Gasteiger partial charge on any atom is 0.341 e. The summed E-state index contributed by atoms with van der Waals surface area (Å²) in [5.41, 5.74) is 1.39. The molecule has 0 amide bonds. The summed E-state index contributed by atoms with van der Waals surface area (Å²) < 4.78 is 23.9. The van der Waals surface area contributed by atoms with Gasteiger partial charge in [0.25, 0.3) is 0 Å². The Hall–Kier alpha value is -2.53. The van der Waals surface area contributed by atoms with E-state index in [0.717, 1.165) is 0 Å². The van der Waals surface area contributed by atoms with Crippen LogP contribution in [0.15, 0.2) is 43.0 Å².